The molecule has 2 aromatic rings. The Bertz CT molecular complexity index is 677. The Hall–Kier alpha value is -2.14. The van der Waals surface area contributed by atoms with E-state index < -0.39 is 0 Å². The molecule has 1 fully saturated rings. The summed E-state index contributed by atoms with van der Waals surface area (Å²) in [6.45, 7) is 1.34. The first-order valence-electron chi connectivity index (χ1n) is 8.28. The molecule has 5 heteroatoms. The third-order valence-electron chi connectivity index (χ3n) is 4.58. The van der Waals surface area contributed by atoms with Crippen molar-refractivity contribution in [2.45, 2.75) is 19.3 Å². The summed E-state index contributed by atoms with van der Waals surface area (Å²) in [4.78, 5) is 29.7. The second kappa shape index (κ2) is 7.62. The van der Waals surface area contributed by atoms with Crippen LogP contribution in [0.25, 0.3) is 0 Å². The van der Waals surface area contributed by atoms with E-state index in [1.807, 2.05) is 59.8 Å². The fourth-order valence-corrected chi connectivity index (χ4v) is 3.80. The van der Waals surface area contributed by atoms with E-state index in [9.17, 15) is 9.59 Å². The van der Waals surface area contributed by atoms with Crippen LogP contribution in [0.5, 0.6) is 0 Å². The highest BCUT2D eigenvalue weighted by Crippen LogP contribution is 2.23. The molecule has 0 saturated carbocycles. The Kier molecular flexibility index (Phi) is 5.30. The van der Waals surface area contributed by atoms with Gasteiger partial charge in [0, 0.05) is 36.6 Å². The number of piperidine rings is 1. The van der Waals surface area contributed by atoms with Gasteiger partial charge in [-0.05, 0) is 36.4 Å². The number of nitrogens with zero attached hydrogens (tertiary/aromatic N) is 2. The molecule has 2 amide bonds. The molecular weight excluding hydrogens is 320 g/mol. The summed E-state index contributed by atoms with van der Waals surface area (Å²) < 4.78 is 0. The van der Waals surface area contributed by atoms with E-state index >= 15 is 0 Å². The number of carbonyl (C=O) groups excluding carboxylic acids is 2. The predicted molar refractivity (Wildman–Crippen MR) is 97.2 cm³/mol. The summed E-state index contributed by atoms with van der Waals surface area (Å²) in [5.41, 5.74) is 0.915. The Morgan fingerprint density at radius 1 is 1.12 bits per heavy atom. The van der Waals surface area contributed by atoms with E-state index in [0.29, 0.717) is 19.5 Å². The molecule has 0 bridgehead atoms. The summed E-state index contributed by atoms with van der Waals surface area (Å²) >= 11 is 1.61. The average Bonchev–Trinajstić information content (AvgIpc) is 3.14. The van der Waals surface area contributed by atoms with Crippen LogP contribution in [0.4, 0.5) is 5.69 Å². The van der Waals surface area contributed by atoms with E-state index in [4.69, 9.17) is 0 Å². The molecule has 0 spiro atoms. The van der Waals surface area contributed by atoms with Crippen LogP contribution in [0.3, 0.4) is 0 Å². The normalized spacial score (nSPS) is 15.3. The van der Waals surface area contributed by atoms with Crippen molar-refractivity contribution < 1.29 is 9.59 Å². The number of carbonyl (C=O) groups is 2. The van der Waals surface area contributed by atoms with Crippen molar-refractivity contribution in [1.82, 2.24) is 4.90 Å². The molecule has 2 heterocycles. The van der Waals surface area contributed by atoms with Crippen molar-refractivity contribution in [2.24, 2.45) is 5.92 Å². The highest BCUT2D eigenvalue weighted by atomic mass is 32.1. The molecule has 0 unspecified atom stereocenters. The van der Waals surface area contributed by atoms with Crippen LogP contribution < -0.4 is 4.90 Å². The number of amides is 2. The summed E-state index contributed by atoms with van der Waals surface area (Å²) in [6, 6.07) is 13.7. The molecule has 0 atom stereocenters. The van der Waals surface area contributed by atoms with Crippen molar-refractivity contribution in [3.8, 4) is 0 Å². The van der Waals surface area contributed by atoms with Crippen LogP contribution in [-0.4, -0.2) is 36.9 Å². The van der Waals surface area contributed by atoms with Crippen LogP contribution in [0.2, 0.25) is 0 Å². The minimum Gasteiger partial charge on any atom is -0.342 e. The smallest absolute Gasteiger partial charge is 0.229 e. The van der Waals surface area contributed by atoms with E-state index in [-0.39, 0.29) is 17.7 Å². The maximum Gasteiger partial charge on any atom is 0.229 e. The van der Waals surface area contributed by atoms with Gasteiger partial charge in [-0.2, -0.15) is 0 Å². The van der Waals surface area contributed by atoms with Gasteiger partial charge in [0.15, 0.2) is 0 Å². The molecule has 1 aliphatic heterocycles. The fraction of sp³-hybridized carbons (Fsp3) is 0.368. The second-order valence-corrected chi connectivity index (χ2v) is 7.18. The predicted octanol–water partition coefficient (Wildman–Crippen LogP) is 3.19. The summed E-state index contributed by atoms with van der Waals surface area (Å²) in [6.07, 6.45) is 1.96. The van der Waals surface area contributed by atoms with Crippen LogP contribution in [0.15, 0.2) is 47.8 Å². The lowest BCUT2D eigenvalue weighted by molar-refractivity contribution is -0.134. The van der Waals surface area contributed by atoms with Gasteiger partial charge in [-0.3, -0.25) is 9.59 Å². The van der Waals surface area contributed by atoms with Crippen LogP contribution in [0, 0.1) is 5.92 Å². The molecular formula is C19H22N2O2S. The number of hydrogen-bond acceptors (Lipinski definition) is 3. The number of rotatable bonds is 4. The van der Waals surface area contributed by atoms with Crippen molar-refractivity contribution in [1.29, 1.82) is 0 Å². The highest BCUT2D eigenvalue weighted by Gasteiger charge is 2.29. The second-order valence-electron chi connectivity index (χ2n) is 6.14. The number of hydrogen-bond donors (Lipinski definition) is 0. The van der Waals surface area contributed by atoms with Crippen molar-refractivity contribution >= 4 is 28.8 Å². The zero-order chi connectivity index (χ0) is 16.9. The molecule has 24 heavy (non-hydrogen) atoms. The largest absolute Gasteiger partial charge is 0.342 e. The lowest BCUT2D eigenvalue weighted by atomic mass is 9.95. The monoisotopic (exact) mass is 342 g/mol. The first-order valence-corrected chi connectivity index (χ1v) is 9.16. The molecule has 1 aromatic heterocycles. The number of thiophene rings is 1. The summed E-state index contributed by atoms with van der Waals surface area (Å²) in [5, 5.41) is 1.99. The number of likely N-dealkylation sites (tertiary alicyclic amines) is 1. The first kappa shape index (κ1) is 16.7. The minimum absolute atomic E-state index is 0.000920. The van der Waals surface area contributed by atoms with Gasteiger partial charge < -0.3 is 9.80 Å². The van der Waals surface area contributed by atoms with Crippen LogP contribution >= 0.6 is 11.3 Å². The topological polar surface area (TPSA) is 40.6 Å². The maximum absolute atomic E-state index is 12.7. The molecule has 4 nitrogen and oxygen atoms in total. The third kappa shape index (κ3) is 3.85. The lowest BCUT2D eigenvalue weighted by Gasteiger charge is -2.33. The van der Waals surface area contributed by atoms with Gasteiger partial charge in [0.25, 0.3) is 0 Å². The Morgan fingerprint density at radius 2 is 1.83 bits per heavy atom. The van der Waals surface area contributed by atoms with Crippen molar-refractivity contribution in [2.75, 3.05) is 25.0 Å². The van der Waals surface area contributed by atoms with Crippen molar-refractivity contribution in [3.05, 3.63) is 52.7 Å². The van der Waals surface area contributed by atoms with Crippen LogP contribution in [0.1, 0.15) is 17.7 Å². The third-order valence-corrected chi connectivity index (χ3v) is 5.45. The highest BCUT2D eigenvalue weighted by molar-refractivity contribution is 7.10. The van der Waals surface area contributed by atoms with E-state index in [1.165, 1.54) is 0 Å². The number of para-hydroxylation sites is 1. The molecule has 1 saturated heterocycles. The number of benzene rings is 1. The van der Waals surface area contributed by atoms with Gasteiger partial charge in [-0.15, -0.1) is 11.3 Å². The lowest BCUT2D eigenvalue weighted by Crippen LogP contribution is -2.44. The van der Waals surface area contributed by atoms with Gasteiger partial charge >= 0.3 is 0 Å². The number of anilines is 1. The van der Waals surface area contributed by atoms with Crippen molar-refractivity contribution in [3.63, 3.8) is 0 Å². The maximum atomic E-state index is 12.7. The van der Waals surface area contributed by atoms with Gasteiger partial charge in [0.2, 0.25) is 11.8 Å². The quantitative estimate of drug-likeness (QED) is 0.856. The van der Waals surface area contributed by atoms with Gasteiger partial charge in [-0.25, -0.2) is 0 Å². The Labute approximate surface area is 146 Å². The Balaban J connectivity index is 1.53. The van der Waals surface area contributed by atoms with E-state index in [2.05, 4.69) is 0 Å². The molecule has 1 aromatic carbocycles. The zero-order valence-corrected chi connectivity index (χ0v) is 14.7. The molecule has 126 valence electrons. The van der Waals surface area contributed by atoms with Crippen LogP contribution in [-0.2, 0) is 16.0 Å². The SMILES string of the molecule is CN(C(=O)C1CCN(C(=O)Cc2cccs2)CC1)c1ccccc1. The van der Waals surface area contributed by atoms with E-state index in [0.717, 1.165) is 23.4 Å². The van der Waals surface area contributed by atoms with E-state index in [1.54, 1.807) is 16.2 Å². The van der Waals surface area contributed by atoms with Gasteiger partial charge in [0.1, 0.15) is 0 Å². The summed E-state index contributed by atoms with van der Waals surface area (Å²) in [7, 11) is 1.83. The zero-order valence-electron chi connectivity index (χ0n) is 13.9. The first-order chi connectivity index (χ1) is 11.6. The molecule has 1 aliphatic rings. The molecule has 0 radical (unpaired) electrons. The fourth-order valence-electron chi connectivity index (χ4n) is 3.10. The molecule has 0 aliphatic carbocycles. The standard InChI is InChI=1S/C19H22N2O2S/c1-20(16-6-3-2-4-7-16)19(23)15-9-11-21(12-10-15)18(22)14-17-8-5-13-24-17/h2-8,13,15H,9-12,14H2,1H3. The average molecular weight is 342 g/mol. The van der Waals surface area contributed by atoms with Gasteiger partial charge in [-0.1, -0.05) is 24.3 Å². The Morgan fingerprint density at radius 3 is 2.46 bits per heavy atom. The molecule has 0 N–H and O–H groups in total. The summed E-state index contributed by atoms with van der Waals surface area (Å²) in [5.74, 6) is 0.312. The minimum atomic E-state index is 0.000920. The van der Waals surface area contributed by atoms with Gasteiger partial charge in [0.05, 0.1) is 6.42 Å². The molecule has 3 rings (SSSR count).